The van der Waals surface area contributed by atoms with Crippen LogP contribution in [0.3, 0.4) is 0 Å². The number of aliphatic imine (C=N–C) groups is 1. The lowest BCUT2D eigenvalue weighted by Crippen LogP contribution is -2.35. The number of ether oxygens (including phenoxy) is 1. The number of aromatic nitrogens is 2. The van der Waals surface area contributed by atoms with Crippen LogP contribution in [-0.4, -0.2) is 47.7 Å². The van der Waals surface area contributed by atoms with Gasteiger partial charge < -0.3 is 15.0 Å². The van der Waals surface area contributed by atoms with E-state index in [1.54, 1.807) is 24.8 Å². The molecule has 7 nitrogen and oxygen atoms in total. The van der Waals surface area contributed by atoms with Gasteiger partial charge in [0.1, 0.15) is 22.7 Å². The molecule has 0 radical (unpaired) electrons. The lowest BCUT2D eigenvalue weighted by Gasteiger charge is -2.26. The molecule has 8 heteroatoms. The Labute approximate surface area is 185 Å². The SMILES string of the molecule is CCN(C)C(=O)C1CCc2c(sc3ncnc(Nc4cc5c(cc4OC)CN=C5)c23)C1. The Balaban J connectivity index is 1.51. The summed E-state index contributed by atoms with van der Waals surface area (Å²) in [6, 6.07) is 4.10. The summed E-state index contributed by atoms with van der Waals surface area (Å²) < 4.78 is 5.62. The number of methoxy groups -OCH3 is 1. The maximum atomic E-state index is 12.7. The van der Waals surface area contributed by atoms with Crippen LogP contribution in [0.5, 0.6) is 5.75 Å². The maximum Gasteiger partial charge on any atom is 0.225 e. The van der Waals surface area contributed by atoms with Crippen molar-refractivity contribution in [2.45, 2.75) is 32.7 Å². The second-order valence-corrected chi connectivity index (χ2v) is 9.13. The third-order valence-corrected chi connectivity index (χ3v) is 7.41. The summed E-state index contributed by atoms with van der Waals surface area (Å²) in [5.41, 5.74) is 4.40. The van der Waals surface area contributed by atoms with Crippen molar-refractivity contribution in [3.8, 4) is 5.75 Å². The largest absolute Gasteiger partial charge is 0.495 e. The van der Waals surface area contributed by atoms with Gasteiger partial charge in [0.25, 0.3) is 0 Å². The molecule has 2 aromatic heterocycles. The number of thiophene rings is 1. The molecule has 0 spiro atoms. The van der Waals surface area contributed by atoms with E-state index in [2.05, 4.69) is 26.3 Å². The van der Waals surface area contributed by atoms with Crippen molar-refractivity contribution < 1.29 is 9.53 Å². The second-order valence-electron chi connectivity index (χ2n) is 8.04. The first-order valence-electron chi connectivity index (χ1n) is 10.6. The van der Waals surface area contributed by atoms with Gasteiger partial charge in [-0.2, -0.15) is 0 Å². The number of rotatable bonds is 5. The standard InChI is InChI=1S/C23H25N5O2S/c1-4-28(2)23(29)13-5-6-16-19(9-13)31-22-20(16)21(25-12-26-22)27-17-7-14-10-24-11-15(14)8-18(17)30-3/h7-8,10,12-13H,4-6,9,11H2,1-3H3,(H,25,26,27). The Bertz CT molecular complexity index is 1200. The van der Waals surface area contributed by atoms with Crippen LogP contribution in [-0.2, 0) is 24.2 Å². The summed E-state index contributed by atoms with van der Waals surface area (Å²) in [5.74, 6) is 1.84. The van der Waals surface area contributed by atoms with Gasteiger partial charge in [-0.15, -0.1) is 11.3 Å². The topological polar surface area (TPSA) is 79.7 Å². The number of fused-ring (bicyclic) bond motifs is 4. The van der Waals surface area contributed by atoms with Crippen LogP contribution in [0.2, 0.25) is 0 Å². The average molecular weight is 436 g/mol. The van der Waals surface area contributed by atoms with Crippen LogP contribution >= 0.6 is 11.3 Å². The molecule has 31 heavy (non-hydrogen) atoms. The highest BCUT2D eigenvalue weighted by Crippen LogP contribution is 2.42. The van der Waals surface area contributed by atoms with Crippen LogP contribution in [0.15, 0.2) is 23.5 Å². The molecular formula is C23H25N5O2S. The lowest BCUT2D eigenvalue weighted by atomic mass is 9.87. The average Bonchev–Trinajstić information content (AvgIpc) is 3.40. The third-order valence-electron chi connectivity index (χ3n) is 6.25. The van der Waals surface area contributed by atoms with Crippen LogP contribution in [0.1, 0.15) is 34.9 Å². The van der Waals surface area contributed by atoms with E-state index in [4.69, 9.17) is 4.74 Å². The molecule has 1 aromatic carbocycles. The number of nitrogens with one attached hydrogen (secondary N) is 1. The number of hydrogen-bond donors (Lipinski definition) is 1. The Kier molecular flexibility index (Phi) is 5.09. The molecule has 5 rings (SSSR count). The van der Waals surface area contributed by atoms with E-state index >= 15 is 0 Å². The predicted octanol–water partition coefficient (Wildman–Crippen LogP) is 3.96. The van der Waals surface area contributed by atoms with E-state index < -0.39 is 0 Å². The fourth-order valence-electron chi connectivity index (χ4n) is 4.42. The molecule has 1 aliphatic carbocycles. The first kappa shape index (κ1) is 19.9. The van der Waals surface area contributed by atoms with Crippen LogP contribution in [0.25, 0.3) is 10.2 Å². The molecule has 0 saturated heterocycles. The minimum atomic E-state index is 0.0472. The van der Waals surface area contributed by atoms with Gasteiger partial charge in [-0.05, 0) is 55.0 Å². The number of anilines is 2. The van der Waals surface area contributed by atoms with Gasteiger partial charge in [-0.1, -0.05) is 0 Å². The van der Waals surface area contributed by atoms with E-state index in [9.17, 15) is 4.79 Å². The predicted molar refractivity (Wildman–Crippen MR) is 124 cm³/mol. The van der Waals surface area contributed by atoms with Crippen molar-refractivity contribution in [1.29, 1.82) is 0 Å². The molecule has 3 heterocycles. The number of carbonyl (C=O) groups excluding carboxylic acids is 1. The summed E-state index contributed by atoms with van der Waals surface area (Å²) in [4.78, 5) is 30.2. The molecule has 2 aliphatic rings. The zero-order valence-electron chi connectivity index (χ0n) is 17.9. The van der Waals surface area contributed by atoms with Gasteiger partial charge in [0.05, 0.1) is 24.7 Å². The smallest absolute Gasteiger partial charge is 0.225 e. The van der Waals surface area contributed by atoms with Crippen molar-refractivity contribution >= 4 is 45.2 Å². The highest BCUT2D eigenvalue weighted by molar-refractivity contribution is 7.19. The van der Waals surface area contributed by atoms with Crippen molar-refractivity contribution in [3.63, 3.8) is 0 Å². The second kappa shape index (κ2) is 7.92. The summed E-state index contributed by atoms with van der Waals surface area (Å²) in [6.45, 7) is 3.44. The Hall–Kier alpha value is -3.00. The Morgan fingerprint density at radius 1 is 1.35 bits per heavy atom. The number of aryl methyl sites for hydroxylation is 1. The van der Waals surface area contributed by atoms with Gasteiger partial charge in [0, 0.05) is 30.6 Å². The summed E-state index contributed by atoms with van der Waals surface area (Å²) in [6.07, 6.45) is 5.99. The quantitative estimate of drug-likeness (QED) is 0.656. The summed E-state index contributed by atoms with van der Waals surface area (Å²) in [7, 11) is 3.56. The van der Waals surface area contributed by atoms with E-state index in [1.807, 2.05) is 31.2 Å². The fourth-order valence-corrected chi connectivity index (χ4v) is 5.68. The number of benzene rings is 1. The van der Waals surface area contributed by atoms with Gasteiger partial charge >= 0.3 is 0 Å². The summed E-state index contributed by atoms with van der Waals surface area (Å²) >= 11 is 1.68. The first-order chi connectivity index (χ1) is 15.1. The number of hydrogen-bond acceptors (Lipinski definition) is 7. The molecule has 1 unspecified atom stereocenters. The molecule has 1 atom stereocenters. The molecule has 1 amide bonds. The summed E-state index contributed by atoms with van der Waals surface area (Å²) in [5, 5.41) is 4.55. The van der Waals surface area contributed by atoms with E-state index in [-0.39, 0.29) is 11.8 Å². The zero-order valence-corrected chi connectivity index (χ0v) is 18.8. The minimum Gasteiger partial charge on any atom is -0.495 e. The van der Waals surface area contributed by atoms with Gasteiger partial charge in [0.15, 0.2) is 0 Å². The number of carbonyl (C=O) groups is 1. The van der Waals surface area contributed by atoms with Crippen LogP contribution in [0, 0.1) is 5.92 Å². The van der Waals surface area contributed by atoms with Gasteiger partial charge in [-0.25, -0.2) is 9.97 Å². The minimum absolute atomic E-state index is 0.0472. The molecule has 1 N–H and O–H groups in total. The zero-order chi connectivity index (χ0) is 21.5. The molecule has 3 aromatic rings. The first-order valence-corrected chi connectivity index (χ1v) is 11.4. The molecular weight excluding hydrogens is 410 g/mol. The van der Waals surface area contributed by atoms with Crippen molar-refractivity contribution in [1.82, 2.24) is 14.9 Å². The van der Waals surface area contributed by atoms with Gasteiger partial charge in [-0.3, -0.25) is 9.79 Å². The third kappa shape index (κ3) is 3.44. The van der Waals surface area contributed by atoms with Crippen molar-refractivity contribution in [2.75, 3.05) is 26.0 Å². The normalized spacial score (nSPS) is 16.8. The number of amides is 1. The van der Waals surface area contributed by atoms with Crippen LogP contribution < -0.4 is 10.1 Å². The lowest BCUT2D eigenvalue weighted by molar-refractivity contribution is -0.134. The monoisotopic (exact) mass is 435 g/mol. The van der Waals surface area contributed by atoms with Crippen molar-refractivity contribution in [2.24, 2.45) is 10.9 Å². The molecule has 1 aliphatic heterocycles. The Morgan fingerprint density at radius 3 is 3.03 bits per heavy atom. The fraction of sp³-hybridized carbons (Fsp3) is 0.391. The van der Waals surface area contributed by atoms with Crippen molar-refractivity contribution in [3.05, 3.63) is 40.0 Å². The van der Waals surface area contributed by atoms with E-state index in [1.165, 1.54) is 10.4 Å². The molecule has 0 saturated carbocycles. The highest BCUT2D eigenvalue weighted by atomic mass is 32.1. The molecule has 0 fully saturated rings. The van der Waals surface area contributed by atoms with E-state index in [0.717, 1.165) is 64.4 Å². The van der Waals surface area contributed by atoms with E-state index in [0.29, 0.717) is 6.54 Å². The van der Waals surface area contributed by atoms with Crippen LogP contribution in [0.4, 0.5) is 11.5 Å². The number of nitrogens with zero attached hydrogens (tertiary/aromatic N) is 4. The van der Waals surface area contributed by atoms with Gasteiger partial charge in [0.2, 0.25) is 5.91 Å². The Morgan fingerprint density at radius 2 is 2.23 bits per heavy atom. The molecule has 160 valence electrons. The molecule has 0 bridgehead atoms. The maximum absolute atomic E-state index is 12.7. The highest BCUT2D eigenvalue weighted by Gasteiger charge is 2.30.